The van der Waals surface area contributed by atoms with E-state index in [0.717, 1.165) is 33.8 Å². The molecule has 0 N–H and O–H groups in total. The molecule has 0 aliphatic heterocycles. The van der Waals surface area contributed by atoms with Crippen LogP contribution in [0, 0.1) is 0 Å². The second-order valence-electron chi connectivity index (χ2n) is 14.1. The van der Waals surface area contributed by atoms with Gasteiger partial charge in [-0.3, -0.25) is 0 Å². The van der Waals surface area contributed by atoms with Crippen LogP contribution in [0.15, 0.2) is 231 Å². The van der Waals surface area contributed by atoms with Gasteiger partial charge in [-0.15, -0.1) is 0 Å². The van der Waals surface area contributed by atoms with Crippen molar-refractivity contribution in [2.75, 3.05) is 4.90 Å². The number of benzene rings is 9. The standard InChI is InChI=1S/C54H38N2/c1-5-17-39(18-6-1)41-29-32-45(33-30-41)55(46-34-35-50-49-27-15-16-28-52(49)56(54(50)38-46)44-23-11-4-12-24-44)53-36-31-43(40-19-7-2-8-20-40)37-51(53)48-26-14-13-25-47(48)42-21-9-3-10-22-42/h1-38H. The van der Waals surface area contributed by atoms with E-state index in [9.17, 15) is 0 Å². The minimum absolute atomic E-state index is 1.08. The predicted octanol–water partition coefficient (Wildman–Crippen LogP) is 14.9. The van der Waals surface area contributed by atoms with Gasteiger partial charge in [0.25, 0.3) is 0 Å². The van der Waals surface area contributed by atoms with Crippen molar-refractivity contribution in [3.05, 3.63) is 231 Å². The maximum Gasteiger partial charge on any atom is 0.0561 e. The number of anilines is 3. The van der Waals surface area contributed by atoms with Crippen molar-refractivity contribution in [1.29, 1.82) is 0 Å². The lowest BCUT2D eigenvalue weighted by molar-refractivity contribution is 1.18. The van der Waals surface area contributed by atoms with Crippen LogP contribution in [0.4, 0.5) is 17.1 Å². The molecule has 56 heavy (non-hydrogen) atoms. The van der Waals surface area contributed by atoms with Crippen molar-refractivity contribution < 1.29 is 0 Å². The van der Waals surface area contributed by atoms with Gasteiger partial charge in [0.05, 0.1) is 16.7 Å². The Morgan fingerprint density at radius 2 is 0.786 bits per heavy atom. The van der Waals surface area contributed by atoms with E-state index in [2.05, 4.69) is 240 Å². The number of fused-ring (bicyclic) bond motifs is 3. The molecule has 10 rings (SSSR count). The molecule has 10 aromatic rings. The fraction of sp³-hybridized carbons (Fsp3) is 0. The summed E-state index contributed by atoms with van der Waals surface area (Å²) in [5, 5.41) is 2.46. The number of para-hydroxylation sites is 2. The van der Waals surface area contributed by atoms with Crippen LogP contribution in [0.2, 0.25) is 0 Å². The third-order valence-corrected chi connectivity index (χ3v) is 10.8. The first-order valence-corrected chi connectivity index (χ1v) is 19.2. The van der Waals surface area contributed by atoms with Crippen LogP contribution in [-0.2, 0) is 0 Å². The molecule has 1 heterocycles. The van der Waals surface area contributed by atoms with E-state index in [4.69, 9.17) is 0 Å². The van der Waals surface area contributed by atoms with Crippen LogP contribution < -0.4 is 4.90 Å². The molecule has 0 bridgehead atoms. The molecule has 0 aliphatic carbocycles. The average molecular weight is 715 g/mol. The largest absolute Gasteiger partial charge is 0.310 e. The summed E-state index contributed by atoms with van der Waals surface area (Å²) < 4.78 is 2.40. The molecule has 0 amide bonds. The van der Waals surface area contributed by atoms with E-state index in [-0.39, 0.29) is 0 Å². The summed E-state index contributed by atoms with van der Waals surface area (Å²) in [6, 6.07) is 83.2. The van der Waals surface area contributed by atoms with E-state index in [1.54, 1.807) is 0 Å². The van der Waals surface area contributed by atoms with Gasteiger partial charge in [0.2, 0.25) is 0 Å². The molecule has 1 aromatic heterocycles. The molecule has 0 atom stereocenters. The molecule has 9 aromatic carbocycles. The quantitative estimate of drug-likeness (QED) is 0.152. The van der Waals surface area contributed by atoms with Gasteiger partial charge >= 0.3 is 0 Å². The van der Waals surface area contributed by atoms with E-state index < -0.39 is 0 Å². The molecule has 0 fully saturated rings. The summed E-state index contributed by atoms with van der Waals surface area (Å²) >= 11 is 0. The van der Waals surface area contributed by atoms with Crippen molar-refractivity contribution >= 4 is 38.9 Å². The van der Waals surface area contributed by atoms with E-state index in [0.29, 0.717) is 0 Å². The molecule has 0 aliphatic rings. The molecule has 2 nitrogen and oxygen atoms in total. The average Bonchev–Trinajstić information content (AvgIpc) is 3.62. The predicted molar refractivity (Wildman–Crippen MR) is 237 cm³/mol. The van der Waals surface area contributed by atoms with Gasteiger partial charge in [-0.1, -0.05) is 176 Å². The zero-order valence-electron chi connectivity index (χ0n) is 30.8. The van der Waals surface area contributed by atoms with Crippen molar-refractivity contribution in [3.63, 3.8) is 0 Å². The summed E-state index contributed by atoms with van der Waals surface area (Å²) in [4.78, 5) is 2.44. The van der Waals surface area contributed by atoms with Gasteiger partial charge in [-0.2, -0.15) is 0 Å². The number of hydrogen-bond acceptors (Lipinski definition) is 1. The van der Waals surface area contributed by atoms with E-state index >= 15 is 0 Å². The lowest BCUT2D eigenvalue weighted by Gasteiger charge is -2.29. The van der Waals surface area contributed by atoms with Crippen molar-refractivity contribution in [3.8, 4) is 50.2 Å². The minimum Gasteiger partial charge on any atom is -0.310 e. The van der Waals surface area contributed by atoms with Crippen LogP contribution in [-0.4, -0.2) is 4.57 Å². The highest BCUT2D eigenvalue weighted by Gasteiger charge is 2.22. The molecule has 0 saturated carbocycles. The first kappa shape index (κ1) is 33.2. The summed E-state index contributed by atoms with van der Waals surface area (Å²) in [7, 11) is 0. The Labute approximate surface area is 327 Å². The number of nitrogens with zero attached hydrogens (tertiary/aromatic N) is 2. The lowest BCUT2D eigenvalue weighted by atomic mass is 9.90. The second kappa shape index (κ2) is 14.4. The second-order valence-corrected chi connectivity index (χ2v) is 14.1. The van der Waals surface area contributed by atoms with Gasteiger partial charge in [-0.25, -0.2) is 0 Å². The van der Waals surface area contributed by atoms with Gasteiger partial charge in [-0.05, 0) is 93.5 Å². The fourth-order valence-corrected chi connectivity index (χ4v) is 8.16. The monoisotopic (exact) mass is 714 g/mol. The van der Waals surface area contributed by atoms with Crippen LogP contribution in [0.1, 0.15) is 0 Å². The summed E-state index contributed by atoms with van der Waals surface area (Å²) in [6.45, 7) is 0. The molecule has 0 radical (unpaired) electrons. The highest BCUT2D eigenvalue weighted by molar-refractivity contribution is 6.10. The summed E-state index contributed by atoms with van der Waals surface area (Å²) in [5.74, 6) is 0. The molecule has 2 heteroatoms. The van der Waals surface area contributed by atoms with Gasteiger partial charge < -0.3 is 9.47 Å². The van der Waals surface area contributed by atoms with Gasteiger partial charge in [0, 0.05) is 33.4 Å². The van der Waals surface area contributed by atoms with E-state index in [1.807, 2.05) is 0 Å². The smallest absolute Gasteiger partial charge is 0.0561 e. The Balaban J connectivity index is 1.25. The minimum atomic E-state index is 1.08. The van der Waals surface area contributed by atoms with Crippen molar-refractivity contribution in [2.45, 2.75) is 0 Å². The van der Waals surface area contributed by atoms with E-state index in [1.165, 1.54) is 55.2 Å². The highest BCUT2D eigenvalue weighted by Crippen LogP contribution is 2.46. The molecule has 0 unspecified atom stereocenters. The van der Waals surface area contributed by atoms with Crippen LogP contribution in [0.5, 0.6) is 0 Å². The first-order chi connectivity index (χ1) is 27.8. The SMILES string of the molecule is c1ccc(-c2ccc(N(c3ccc4c5ccccc5n(-c5ccccc5)c4c3)c3ccc(-c4ccccc4)cc3-c3ccccc3-c3ccccc3)cc2)cc1. The highest BCUT2D eigenvalue weighted by atomic mass is 15.1. The Morgan fingerprint density at radius 3 is 1.48 bits per heavy atom. The molecule has 0 spiro atoms. The summed E-state index contributed by atoms with van der Waals surface area (Å²) in [6.07, 6.45) is 0. The molecule has 264 valence electrons. The zero-order valence-corrected chi connectivity index (χ0v) is 30.8. The normalized spacial score (nSPS) is 11.2. The Morgan fingerprint density at radius 1 is 0.286 bits per heavy atom. The number of hydrogen-bond donors (Lipinski definition) is 0. The maximum absolute atomic E-state index is 2.44. The first-order valence-electron chi connectivity index (χ1n) is 19.2. The Hall–Kier alpha value is -7.42. The molecular formula is C54H38N2. The zero-order chi connectivity index (χ0) is 37.3. The van der Waals surface area contributed by atoms with Gasteiger partial charge in [0.15, 0.2) is 0 Å². The number of rotatable bonds is 8. The molecular weight excluding hydrogens is 677 g/mol. The maximum atomic E-state index is 2.44. The van der Waals surface area contributed by atoms with Gasteiger partial charge in [0.1, 0.15) is 0 Å². The lowest BCUT2D eigenvalue weighted by Crippen LogP contribution is -2.12. The van der Waals surface area contributed by atoms with Crippen LogP contribution in [0.3, 0.4) is 0 Å². The Kier molecular flexibility index (Phi) is 8.55. The third kappa shape index (κ3) is 6.04. The third-order valence-electron chi connectivity index (χ3n) is 10.8. The fourth-order valence-electron chi connectivity index (χ4n) is 8.16. The topological polar surface area (TPSA) is 8.17 Å². The van der Waals surface area contributed by atoms with Crippen LogP contribution in [0.25, 0.3) is 72.0 Å². The molecule has 0 saturated heterocycles. The van der Waals surface area contributed by atoms with Crippen LogP contribution >= 0.6 is 0 Å². The summed E-state index contributed by atoms with van der Waals surface area (Å²) in [5.41, 5.74) is 16.2. The van der Waals surface area contributed by atoms with Crippen molar-refractivity contribution in [1.82, 2.24) is 4.57 Å². The Bertz CT molecular complexity index is 2930. The number of aromatic nitrogens is 1. The van der Waals surface area contributed by atoms with Crippen molar-refractivity contribution in [2.24, 2.45) is 0 Å².